The molecule has 0 saturated heterocycles. The summed E-state index contributed by atoms with van der Waals surface area (Å²) in [5, 5.41) is 9.04. The molecule has 1 atom stereocenters. The Morgan fingerprint density at radius 3 is 2.91 bits per heavy atom. The summed E-state index contributed by atoms with van der Waals surface area (Å²) in [5.74, 6) is -0.949. The molecule has 4 heteroatoms. The van der Waals surface area contributed by atoms with E-state index in [0.717, 1.165) is 0 Å². The third-order valence-electron chi connectivity index (χ3n) is 1.37. The number of rotatable bonds is 1. The first-order valence-electron chi connectivity index (χ1n) is 3.05. The molecule has 1 aliphatic carbocycles. The maximum Gasteiger partial charge on any atom is 0.336 e. The van der Waals surface area contributed by atoms with Crippen LogP contribution in [0.5, 0.6) is 0 Å². The van der Waals surface area contributed by atoms with Gasteiger partial charge in [-0.3, -0.25) is 0 Å². The van der Waals surface area contributed by atoms with Crippen LogP contribution in [0.3, 0.4) is 0 Å². The van der Waals surface area contributed by atoms with E-state index < -0.39 is 5.97 Å². The minimum absolute atomic E-state index is 0.222. The fourth-order valence-corrected chi connectivity index (χ4v) is 2.05. The van der Waals surface area contributed by atoms with Crippen molar-refractivity contribution in [3.05, 3.63) is 22.8 Å². The highest BCUT2D eigenvalue weighted by Gasteiger charge is 2.16. The van der Waals surface area contributed by atoms with E-state index in [2.05, 4.69) is 22.6 Å². The van der Waals surface area contributed by atoms with Crippen molar-refractivity contribution in [3.8, 4) is 0 Å². The topological polar surface area (TPSA) is 37.3 Å². The van der Waals surface area contributed by atoms with E-state index in [1.54, 1.807) is 6.08 Å². The van der Waals surface area contributed by atoms with Crippen LogP contribution in [0.4, 0.5) is 0 Å². The Hall–Kier alpha value is -0.0300. The van der Waals surface area contributed by atoms with Crippen LogP contribution in [-0.2, 0) is 4.79 Å². The van der Waals surface area contributed by atoms with Crippen LogP contribution in [0.1, 0.15) is 6.42 Å². The number of allylic oxidation sites excluding steroid dienone is 2. The van der Waals surface area contributed by atoms with Gasteiger partial charge >= 0.3 is 5.97 Å². The molecule has 0 aliphatic heterocycles. The molecule has 1 unspecified atom stereocenters. The third kappa shape index (κ3) is 2.20. The van der Waals surface area contributed by atoms with Gasteiger partial charge in [0.05, 0.1) is 5.57 Å². The summed E-state index contributed by atoms with van der Waals surface area (Å²) in [6, 6.07) is 0. The van der Waals surface area contributed by atoms with E-state index in [1.165, 1.54) is 0 Å². The Morgan fingerprint density at radius 1 is 1.82 bits per heavy atom. The van der Waals surface area contributed by atoms with Crippen molar-refractivity contribution in [2.45, 2.75) is 10.3 Å². The van der Waals surface area contributed by atoms with Gasteiger partial charge in [-0.1, -0.05) is 40.3 Å². The molecule has 11 heavy (non-hydrogen) atoms. The molecule has 2 nitrogen and oxygen atoms in total. The molecule has 0 aromatic carbocycles. The number of aliphatic carboxylic acids is 1. The second-order valence-electron chi connectivity index (χ2n) is 2.20. The molecule has 0 aromatic rings. The molecule has 1 rings (SSSR count). The fraction of sp³-hybridized carbons (Fsp3) is 0.286. The second-order valence-corrected chi connectivity index (χ2v) is 4.26. The maximum absolute atomic E-state index is 10.5. The number of alkyl halides is 1. The molecule has 0 saturated carbocycles. The number of carbonyl (C=O) groups is 1. The van der Waals surface area contributed by atoms with Crippen molar-refractivity contribution < 1.29 is 9.90 Å². The minimum Gasteiger partial charge on any atom is -0.478 e. The Kier molecular flexibility index (Phi) is 2.95. The summed E-state index contributed by atoms with van der Waals surface area (Å²) in [6.45, 7) is 0. The Morgan fingerprint density at radius 2 is 2.45 bits per heavy atom. The fourth-order valence-electron chi connectivity index (χ4n) is 0.828. The van der Waals surface area contributed by atoms with Crippen LogP contribution in [0.2, 0.25) is 0 Å². The van der Waals surface area contributed by atoms with Gasteiger partial charge in [0.1, 0.15) is 0 Å². The number of halogens is 2. The Labute approximate surface area is 83.1 Å². The number of hydrogen-bond acceptors (Lipinski definition) is 1. The summed E-state index contributed by atoms with van der Waals surface area (Å²) in [4.78, 5) is 10.5. The lowest BCUT2D eigenvalue weighted by molar-refractivity contribution is -0.132. The van der Waals surface area contributed by atoms with Gasteiger partial charge in [0.2, 0.25) is 0 Å². The average Bonchev–Trinajstić information content (AvgIpc) is 1.85. The number of carboxylic acids is 1. The standard InChI is InChI=1S/C7H6ClIO2/c8-6-3-4(9)1-2-5(6)7(10)11/h1-2,4H,3H2,(H,10,11). The largest absolute Gasteiger partial charge is 0.478 e. The monoisotopic (exact) mass is 284 g/mol. The molecular formula is C7H6ClIO2. The number of hydrogen-bond donors (Lipinski definition) is 1. The zero-order valence-electron chi connectivity index (χ0n) is 5.55. The molecule has 0 fully saturated rings. The maximum atomic E-state index is 10.5. The van der Waals surface area contributed by atoms with Crippen molar-refractivity contribution in [1.29, 1.82) is 0 Å². The van der Waals surface area contributed by atoms with E-state index in [1.807, 2.05) is 6.08 Å². The van der Waals surface area contributed by atoms with Gasteiger partial charge in [-0.15, -0.1) is 0 Å². The molecule has 0 spiro atoms. The van der Waals surface area contributed by atoms with E-state index in [9.17, 15) is 4.79 Å². The zero-order chi connectivity index (χ0) is 8.43. The summed E-state index contributed by atoms with van der Waals surface area (Å²) < 4.78 is 0.322. The van der Waals surface area contributed by atoms with Crippen molar-refractivity contribution in [1.82, 2.24) is 0 Å². The van der Waals surface area contributed by atoms with Crippen molar-refractivity contribution in [2.75, 3.05) is 0 Å². The highest BCUT2D eigenvalue weighted by atomic mass is 127. The van der Waals surface area contributed by atoms with Crippen LogP contribution in [0.25, 0.3) is 0 Å². The second kappa shape index (κ2) is 3.58. The van der Waals surface area contributed by atoms with Gasteiger partial charge in [0, 0.05) is 8.96 Å². The third-order valence-corrected chi connectivity index (χ3v) is 2.58. The minimum atomic E-state index is -0.949. The summed E-state index contributed by atoms with van der Waals surface area (Å²) in [5.41, 5.74) is 0.222. The van der Waals surface area contributed by atoms with Crippen LogP contribution >= 0.6 is 34.2 Å². The molecule has 1 N–H and O–H groups in total. The SMILES string of the molecule is O=C(O)C1=C(Cl)CC(I)C=C1. The van der Waals surface area contributed by atoms with Crippen molar-refractivity contribution in [2.24, 2.45) is 0 Å². The van der Waals surface area contributed by atoms with E-state index >= 15 is 0 Å². The molecule has 0 bridgehead atoms. The predicted molar refractivity (Wildman–Crippen MR) is 52.1 cm³/mol. The van der Waals surface area contributed by atoms with E-state index in [4.69, 9.17) is 16.7 Å². The van der Waals surface area contributed by atoms with Crippen molar-refractivity contribution >= 4 is 40.2 Å². The smallest absolute Gasteiger partial charge is 0.336 e. The predicted octanol–water partition coefficient (Wildman–Crippen LogP) is 2.33. The Balaban J connectivity index is 2.88. The first kappa shape index (κ1) is 9.06. The molecule has 60 valence electrons. The molecule has 0 radical (unpaired) electrons. The molecule has 0 heterocycles. The lowest BCUT2D eigenvalue weighted by atomic mass is 10.1. The lowest BCUT2D eigenvalue weighted by Gasteiger charge is -2.10. The van der Waals surface area contributed by atoms with Gasteiger partial charge in [-0.05, 0) is 12.5 Å². The summed E-state index contributed by atoms with van der Waals surface area (Å²) in [6.07, 6.45) is 4.03. The Bertz CT molecular complexity index is 245. The molecular weight excluding hydrogens is 278 g/mol. The highest BCUT2D eigenvalue weighted by Crippen LogP contribution is 2.26. The van der Waals surface area contributed by atoms with Crippen molar-refractivity contribution in [3.63, 3.8) is 0 Å². The van der Waals surface area contributed by atoms with Gasteiger partial charge in [0.25, 0.3) is 0 Å². The van der Waals surface area contributed by atoms with Crippen LogP contribution < -0.4 is 0 Å². The summed E-state index contributed by atoms with van der Waals surface area (Å²) in [7, 11) is 0. The average molecular weight is 284 g/mol. The van der Waals surface area contributed by atoms with E-state index in [-0.39, 0.29) is 5.57 Å². The first-order valence-corrected chi connectivity index (χ1v) is 4.68. The lowest BCUT2D eigenvalue weighted by Crippen LogP contribution is -2.07. The molecule has 0 amide bonds. The van der Waals surface area contributed by atoms with Gasteiger partial charge in [-0.2, -0.15) is 0 Å². The summed E-state index contributed by atoms with van der Waals surface area (Å²) >= 11 is 7.92. The molecule has 1 aliphatic rings. The number of carboxylic acid groups (broad SMARTS) is 1. The van der Waals surface area contributed by atoms with E-state index in [0.29, 0.717) is 15.4 Å². The molecule has 0 aromatic heterocycles. The van der Waals surface area contributed by atoms with Gasteiger partial charge in [0.15, 0.2) is 0 Å². The zero-order valence-corrected chi connectivity index (χ0v) is 8.46. The van der Waals surface area contributed by atoms with Gasteiger partial charge in [-0.25, -0.2) is 4.79 Å². The van der Waals surface area contributed by atoms with Crippen LogP contribution in [0.15, 0.2) is 22.8 Å². The first-order chi connectivity index (χ1) is 5.11. The van der Waals surface area contributed by atoms with Gasteiger partial charge < -0.3 is 5.11 Å². The van der Waals surface area contributed by atoms with Crippen LogP contribution in [0, 0.1) is 0 Å². The van der Waals surface area contributed by atoms with Crippen LogP contribution in [-0.4, -0.2) is 15.0 Å². The normalized spacial score (nSPS) is 24.0. The quantitative estimate of drug-likeness (QED) is 0.593. The highest BCUT2D eigenvalue weighted by molar-refractivity contribution is 14.1.